The number of ether oxygens (including phenoxy) is 2. The van der Waals surface area contributed by atoms with Crippen LogP contribution in [-0.2, 0) is 28.9 Å². The van der Waals surface area contributed by atoms with Gasteiger partial charge >= 0.3 is 10.4 Å². The van der Waals surface area contributed by atoms with E-state index in [-0.39, 0.29) is 12.5 Å². The summed E-state index contributed by atoms with van der Waals surface area (Å²) in [4.78, 5) is 13.1. The molecule has 6 N–H and O–H groups in total. The van der Waals surface area contributed by atoms with Crippen molar-refractivity contribution in [2.45, 2.75) is 288 Å². The minimum Gasteiger partial charge on any atom is -0.394 e. The van der Waals surface area contributed by atoms with Gasteiger partial charge in [0.1, 0.15) is 24.4 Å². The molecular formula is C48H95NO11S. The van der Waals surface area contributed by atoms with Crippen LogP contribution in [0.3, 0.4) is 0 Å². The van der Waals surface area contributed by atoms with E-state index in [0.29, 0.717) is 12.8 Å². The molecule has 12 nitrogen and oxygen atoms in total. The van der Waals surface area contributed by atoms with E-state index >= 15 is 0 Å². The zero-order valence-corrected chi connectivity index (χ0v) is 39.8. The Labute approximate surface area is 373 Å². The third-order valence-corrected chi connectivity index (χ3v) is 12.9. The van der Waals surface area contributed by atoms with Crippen molar-refractivity contribution < 1.29 is 51.8 Å². The molecule has 0 radical (unpaired) electrons. The van der Waals surface area contributed by atoms with Gasteiger partial charge in [0.15, 0.2) is 6.29 Å². The molecule has 1 fully saturated rings. The molecule has 0 aromatic rings. The van der Waals surface area contributed by atoms with E-state index in [4.69, 9.17) is 9.47 Å². The summed E-state index contributed by atoms with van der Waals surface area (Å²) in [5.74, 6) is -0.225. The average Bonchev–Trinajstić information content (AvgIpc) is 3.23. The lowest BCUT2D eigenvalue weighted by Gasteiger charge is -2.41. The minimum absolute atomic E-state index is 0.225. The highest BCUT2D eigenvalue weighted by Crippen LogP contribution is 2.26. The van der Waals surface area contributed by atoms with Crippen molar-refractivity contribution in [1.29, 1.82) is 0 Å². The van der Waals surface area contributed by atoms with E-state index in [0.717, 1.165) is 51.4 Å². The summed E-state index contributed by atoms with van der Waals surface area (Å²) in [5.41, 5.74) is 0. The van der Waals surface area contributed by atoms with E-state index in [1.165, 1.54) is 167 Å². The summed E-state index contributed by atoms with van der Waals surface area (Å²) in [6.07, 6.45) is 33.9. The van der Waals surface area contributed by atoms with Crippen LogP contribution in [-0.4, -0.2) is 95.4 Å². The normalized spacial score (nSPS) is 20.5. The quantitative estimate of drug-likeness (QED) is 0.0252. The van der Waals surface area contributed by atoms with Gasteiger partial charge in [0.2, 0.25) is 5.91 Å². The smallest absolute Gasteiger partial charge is 0.394 e. The Morgan fingerprint density at radius 3 is 1.31 bits per heavy atom. The van der Waals surface area contributed by atoms with Crippen molar-refractivity contribution >= 4 is 16.3 Å². The molecule has 0 saturated carbocycles. The van der Waals surface area contributed by atoms with Gasteiger partial charge in [-0.2, -0.15) is 8.42 Å². The number of rotatable bonds is 44. The molecule has 0 aromatic heterocycles. The van der Waals surface area contributed by atoms with Crippen LogP contribution in [0.4, 0.5) is 0 Å². The lowest BCUT2D eigenvalue weighted by atomic mass is 9.99. The maximum absolute atomic E-state index is 13.1. The number of hydrogen-bond acceptors (Lipinski definition) is 10. The molecule has 1 amide bonds. The Morgan fingerprint density at radius 2 is 0.951 bits per heavy atom. The van der Waals surface area contributed by atoms with Crippen LogP contribution in [0.2, 0.25) is 0 Å². The maximum Gasteiger partial charge on any atom is 0.397 e. The van der Waals surface area contributed by atoms with Gasteiger partial charge in [0.25, 0.3) is 0 Å². The monoisotopic (exact) mass is 894 g/mol. The van der Waals surface area contributed by atoms with Gasteiger partial charge < -0.3 is 35.2 Å². The molecule has 1 rings (SSSR count). The summed E-state index contributed by atoms with van der Waals surface area (Å²) in [6, 6.07) is -0.851. The van der Waals surface area contributed by atoms with Crippen LogP contribution in [0, 0.1) is 0 Å². The van der Waals surface area contributed by atoms with Gasteiger partial charge in [0.05, 0.1) is 25.4 Å². The molecule has 0 spiro atoms. The maximum atomic E-state index is 13.1. The standard InChI is InChI=1S/C48H95NO11S/c1-3-5-7-9-11-13-15-17-19-20-21-22-23-24-26-28-30-32-34-36-38-44(52)49-41(40-58-48-46(54)47(60-61(55,56)57)45(53)43(39-50)59-48)42(51)37-35-33-31-29-27-25-18-16-14-12-10-8-6-4-2/h41-43,45-48,50-51,53-54H,3-40H2,1-2H3,(H,49,52)(H,55,56,57). The molecular weight excluding hydrogens is 799 g/mol. The fourth-order valence-electron chi connectivity index (χ4n) is 8.46. The Bertz CT molecular complexity index is 1100. The Kier molecular flexibility index (Phi) is 37.6. The predicted octanol–water partition coefficient (Wildman–Crippen LogP) is 10.6. The fourth-order valence-corrected chi connectivity index (χ4v) is 8.97. The molecule has 0 aromatic carbocycles. The molecule has 0 bridgehead atoms. The second kappa shape index (κ2) is 39.5. The van der Waals surface area contributed by atoms with Crippen molar-refractivity contribution in [3.63, 3.8) is 0 Å². The molecule has 0 aliphatic carbocycles. The van der Waals surface area contributed by atoms with Crippen molar-refractivity contribution in [2.24, 2.45) is 0 Å². The van der Waals surface area contributed by atoms with E-state index in [1.54, 1.807) is 0 Å². The number of nitrogens with one attached hydrogen (secondary N) is 1. The highest BCUT2D eigenvalue weighted by atomic mass is 32.3. The topological polar surface area (TPSA) is 192 Å². The fraction of sp³-hybridized carbons (Fsp3) is 0.979. The first kappa shape index (κ1) is 58.1. The Hall–Kier alpha value is -0.900. The number of carbonyl (C=O) groups excluding carboxylic acids is 1. The van der Waals surface area contributed by atoms with Gasteiger partial charge in [-0.15, -0.1) is 0 Å². The van der Waals surface area contributed by atoms with Crippen molar-refractivity contribution in [3.8, 4) is 0 Å². The SMILES string of the molecule is CCCCCCCCCCCCCCCCCCCCCCC(=O)NC(COC1OC(CO)C(O)C(OS(=O)(=O)O)C1O)C(O)CCCCCCCCCCCCCCCC. The van der Waals surface area contributed by atoms with Gasteiger partial charge in [-0.25, -0.2) is 4.18 Å². The lowest BCUT2D eigenvalue weighted by Crippen LogP contribution is -2.61. The van der Waals surface area contributed by atoms with Crippen LogP contribution in [0.25, 0.3) is 0 Å². The van der Waals surface area contributed by atoms with Gasteiger partial charge in [-0.3, -0.25) is 9.35 Å². The van der Waals surface area contributed by atoms with Crippen molar-refractivity contribution in [2.75, 3.05) is 13.2 Å². The first-order chi connectivity index (χ1) is 29.5. The number of aliphatic hydroxyl groups excluding tert-OH is 4. The molecule has 7 atom stereocenters. The summed E-state index contributed by atoms with van der Waals surface area (Å²) in [5, 5.41) is 44.9. The van der Waals surface area contributed by atoms with E-state index < -0.39 is 59.9 Å². The Morgan fingerprint density at radius 1 is 0.590 bits per heavy atom. The molecule has 7 unspecified atom stereocenters. The molecule has 61 heavy (non-hydrogen) atoms. The zero-order chi connectivity index (χ0) is 44.8. The zero-order valence-electron chi connectivity index (χ0n) is 39.0. The molecule has 1 heterocycles. The second-order valence-corrected chi connectivity index (χ2v) is 19.2. The number of amides is 1. The van der Waals surface area contributed by atoms with Gasteiger partial charge in [0, 0.05) is 6.42 Å². The summed E-state index contributed by atoms with van der Waals surface area (Å²) in [7, 11) is -5.07. The molecule has 1 saturated heterocycles. The summed E-state index contributed by atoms with van der Waals surface area (Å²) >= 11 is 0. The number of hydrogen-bond donors (Lipinski definition) is 6. The lowest BCUT2D eigenvalue weighted by molar-refractivity contribution is -0.298. The van der Waals surface area contributed by atoms with Crippen LogP contribution in [0.15, 0.2) is 0 Å². The van der Waals surface area contributed by atoms with Crippen molar-refractivity contribution in [3.05, 3.63) is 0 Å². The van der Waals surface area contributed by atoms with Gasteiger partial charge in [-0.1, -0.05) is 226 Å². The number of unbranched alkanes of at least 4 members (excludes halogenated alkanes) is 32. The van der Waals surface area contributed by atoms with Crippen LogP contribution in [0.1, 0.15) is 245 Å². The summed E-state index contributed by atoms with van der Waals surface area (Å²) < 4.78 is 47.7. The third-order valence-electron chi connectivity index (χ3n) is 12.4. The molecule has 1 aliphatic heterocycles. The largest absolute Gasteiger partial charge is 0.397 e. The minimum atomic E-state index is -5.07. The van der Waals surface area contributed by atoms with Crippen LogP contribution >= 0.6 is 0 Å². The Balaban J connectivity index is 2.41. The van der Waals surface area contributed by atoms with Crippen LogP contribution < -0.4 is 5.32 Å². The molecule has 1 aliphatic rings. The molecule has 364 valence electrons. The van der Waals surface area contributed by atoms with E-state index in [2.05, 4.69) is 23.3 Å². The highest BCUT2D eigenvalue weighted by Gasteiger charge is 2.48. The molecule has 13 heteroatoms. The van der Waals surface area contributed by atoms with Crippen molar-refractivity contribution in [1.82, 2.24) is 5.32 Å². The average molecular weight is 894 g/mol. The van der Waals surface area contributed by atoms with E-state index in [1.807, 2.05) is 0 Å². The predicted molar refractivity (Wildman–Crippen MR) is 246 cm³/mol. The second-order valence-electron chi connectivity index (χ2n) is 18.1. The van der Waals surface area contributed by atoms with Gasteiger partial charge in [-0.05, 0) is 12.8 Å². The number of carbonyl (C=O) groups is 1. The first-order valence-corrected chi connectivity index (χ1v) is 26.8. The van der Waals surface area contributed by atoms with E-state index in [9.17, 15) is 38.2 Å². The third kappa shape index (κ3) is 32.4. The summed E-state index contributed by atoms with van der Waals surface area (Å²) in [6.45, 7) is 3.47. The first-order valence-electron chi connectivity index (χ1n) is 25.4. The van der Waals surface area contributed by atoms with Crippen LogP contribution in [0.5, 0.6) is 0 Å². The number of aliphatic hydroxyl groups is 4. The highest BCUT2D eigenvalue weighted by molar-refractivity contribution is 7.80.